The number of halogens is 1. The number of hydrogen-bond donors (Lipinski definition) is 0. The van der Waals surface area contributed by atoms with Gasteiger partial charge in [-0.15, -0.1) is 23.4 Å². The van der Waals surface area contributed by atoms with Crippen LogP contribution in [0.3, 0.4) is 0 Å². The van der Waals surface area contributed by atoms with E-state index in [0.717, 1.165) is 16.9 Å². The highest BCUT2D eigenvalue weighted by atomic mass is 35.5. The van der Waals surface area contributed by atoms with Crippen LogP contribution in [-0.2, 0) is 0 Å². The summed E-state index contributed by atoms with van der Waals surface area (Å²) in [6, 6.07) is 16.2. The molecule has 2 rings (SSSR count). The summed E-state index contributed by atoms with van der Waals surface area (Å²) in [5, 5.41) is -0.119. The Labute approximate surface area is 117 Å². The number of thioether (sulfide) groups is 1. The van der Waals surface area contributed by atoms with E-state index in [0.29, 0.717) is 0 Å². The normalized spacial score (nSPS) is 12.2. The Morgan fingerprint density at radius 2 is 1.44 bits per heavy atom. The van der Waals surface area contributed by atoms with Crippen molar-refractivity contribution in [1.82, 2.24) is 0 Å². The maximum atomic E-state index is 6.48. The van der Waals surface area contributed by atoms with Crippen molar-refractivity contribution >= 4 is 23.4 Å². The van der Waals surface area contributed by atoms with Crippen molar-refractivity contribution in [2.24, 2.45) is 0 Å². The number of methoxy groups -OCH3 is 1. The van der Waals surface area contributed by atoms with Gasteiger partial charge in [0.1, 0.15) is 5.75 Å². The zero-order valence-corrected chi connectivity index (χ0v) is 12.0. The van der Waals surface area contributed by atoms with E-state index >= 15 is 0 Å². The van der Waals surface area contributed by atoms with E-state index in [1.54, 1.807) is 18.9 Å². The molecule has 0 saturated heterocycles. The summed E-state index contributed by atoms with van der Waals surface area (Å²) >= 11 is 8.21. The summed E-state index contributed by atoms with van der Waals surface area (Å²) < 4.78 is 5.14. The van der Waals surface area contributed by atoms with E-state index in [9.17, 15) is 0 Å². The molecule has 1 unspecified atom stereocenters. The van der Waals surface area contributed by atoms with Gasteiger partial charge in [0.15, 0.2) is 0 Å². The summed E-state index contributed by atoms with van der Waals surface area (Å²) in [4.78, 5) is 1.25. The van der Waals surface area contributed by atoms with E-state index < -0.39 is 0 Å². The molecule has 0 aliphatic rings. The zero-order chi connectivity index (χ0) is 13.0. The Morgan fingerprint density at radius 1 is 0.944 bits per heavy atom. The van der Waals surface area contributed by atoms with Gasteiger partial charge in [-0.2, -0.15) is 0 Å². The van der Waals surface area contributed by atoms with Gasteiger partial charge in [0, 0.05) is 4.90 Å². The molecule has 94 valence electrons. The molecule has 18 heavy (non-hydrogen) atoms. The lowest BCUT2D eigenvalue weighted by molar-refractivity contribution is 0.414. The van der Waals surface area contributed by atoms with E-state index in [4.69, 9.17) is 16.3 Å². The highest BCUT2D eigenvalue weighted by Crippen LogP contribution is 2.30. The fourth-order valence-corrected chi connectivity index (χ4v) is 2.44. The van der Waals surface area contributed by atoms with Crippen LogP contribution in [-0.4, -0.2) is 13.4 Å². The summed E-state index contributed by atoms with van der Waals surface area (Å²) in [6.07, 6.45) is 2.07. The van der Waals surface area contributed by atoms with Crippen molar-refractivity contribution in [3.05, 3.63) is 59.7 Å². The van der Waals surface area contributed by atoms with Gasteiger partial charge in [0.05, 0.1) is 12.5 Å². The van der Waals surface area contributed by atoms with E-state index in [-0.39, 0.29) is 5.38 Å². The Balaban J connectivity index is 2.20. The standard InChI is InChI=1S/C15H15ClOS/c1-17-13-7-3-11(4-8-13)15(16)12-5-9-14(18-2)10-6-12/h3-10,15H,1-2H3. The van der Waals surface area contributed by atoms with Crippen molar-refractivity contribution < 1.29 is 4.74 Å². The maximum Gasteiger partial charge on any atom is 0.118 e. The Morgan fingerprint density at radius 3 is 1.89 bits per heavy atom. The summed E-state index contributed by atoms with van der Waals surface area (Å²) in [6.45, 7) is 0. The second-order valence-electron chi connectivity index (χ2n) is 3.91. The van der Waals surface area contributed by atoms with Crippen LogP contribution in [0.4, 0.5) is 0 Å². The molecule has 2 aromatic carbocycles. The lowest BCUT2D eigenvalue weighted by atomic mass is 10.0. The fraction of sp³-hybridized carbons (Fsp3) is 0.200. The molecule has 2 aromatic rings. The quantitative estimate of drug-likeness (QED) is 0.590. The van der Waals surface area contributed by atoms with Gasteiger partial charge >= 0.3 is 0 Å². The molecule has 3 heteroatoms. The molecule has 0 aromatic heterocycles. The van der Waals surface area contributed by atoms with Crippen molar-refractivity contribution in [3.63, 3.8) is 0 Å². The minimum Gasteiger partial charge on any atom is -0.497 e. The van der Waals surface area contributed by atoms with Gasteiger partial charge in [-0.3, -0.25) is 0 Å². The van der Waals surface area contributed by atoms with Crippen LogP contribution in [0, 0.1) is 0 Å². The van der Waals surface area contributed by atoms with Gasteiger partial charge in [-0.1, -0.05) is 24.3 Å². The number of ether oxygens (including phenoxy) is 1. The minimum absolute atomic E-state index is 0.119. The van der Waals surface area contributed by atoms with Crippen LogP contribution in [0.5, 0.6) is 5.75 Å². The molecular weight excluding hydrogens is 264 g/mol. The number of rotatable bonds is 4. The molecule has 0 aliphatic carbocycles. The first kappa shape index (κ1) is 13.3. The van der Waals surface area contributed by atoms with Gasteiger partial charge < -0.3 is 4.74 Å². The molecule has 0 N–H and O–H groups in total. The fourth-order valence-electron chi connectivity index (χ4n) is 1.74. The summed E-state index contributed by atoms with van der Waals surface area (Å²) in [7, 11) is 1.66. The molecule has 0 heterocycles. The van der Waals surface area contributed by atoms with Crippen molar-refractivity contribution in [2.45, 2.75) is 10.3 Å². The monoisotopic (exact) mass is 278 g/mol. The Bertz CT molecular complexity index is 445. The Hall–Kier alpha value is -1.12. The van der Waals surface area contributed by atoms with Gasteiger partial charge in [0.2, 0.25) is 0 Å². The first-order valence-electron chi connectivity index (χ1n) is 5.66. The largest absolute Gasteiger partial charge is 0.497 e. The van der Waals surface area contributed by atoms with E-state index in [1.165, 1.54) is 4.90 Å². The van der Waals surface area contributed by atoms with Gasteiger partial charge in [-0.25, -0.2) is 0 Å². The predicted octanol–water partition coefficient (Wildman–Crippen LogP) is 4.75. The van der Waals surface area contributed by atoms with Crippen LogP contribution in [0.15, 0.2) is 53.4 Å². The zero-order valence-electron chi connectivity index (χ0n) is 10.4. The first-order chi connectivity index (χ1) is 8.74. The molecule has 0 aliphatic heterocycles. The number of hydrogen-bond acceptors (Lipinski definition) is 2. The van der Waals surface area contributed by atoms with Crippen LogP contribution in [0.25, 0.3) is 0 Å². The van der Waals surface area contributed by atoms with Crippen molar-refractivity contribution in [2.75, 3.05) is 13.4 Å². The predicted molar refractivity (Wildman–Crippen MR) is 78.9 cm³/mol. The molecule has 0 bridgehead atoms. The minimum atomic E-state index is -0.119. The average Bonchev–Trinajstić information content (AvgIpc) is 2.47. The lowest BCUT2D eigenvalue weighted by Crippen LogP contribution is -1.93. The second-order valence-corrected chi connectivity index (χ2v) is 5.22. The lowest BCUT2D eigenvalue weighted by Gasteiger charge is -2.11. The number of alkyl halides is 1. The van der Waals surface area contributed by atoms with Crippen LogP contribution < -0.4 is 4.74 Å². The summed E-state index contributed by atoms with van der Waals surface area (Å²) in [5.74, 6) is 0.848. The third-order valence-electron chi connectivity index (χ3n) is 2.82. The molecule has 1 nitrogen and oxygen atoms in total. The smallest absolute Gasteiger partial charge is 0.118 e. The average molecular weight is 279 g/mol. The third-order valence-corrected chi connectivity index (χ3v) is 4.06. The van der Waals surface area contributed by atoms with Crippen LogP contribution in [0.2, 0.25) is 0 Å². The van der Waals surface area contributed by atoms with Crippen LogP contribution in [0.1, 0.15) is 16.5 Å². The Kier molecular flexibility index (Phi) is 4.56. The molecule has 0 amide bonds. The molecule has 0 fully saturated rings. The third kappa shape index (κ3) is 3.01. The molecule has 1 atom stereocenters. The van der Waals surface area contributed by atoms with Crippen LogP contribution >= 0.6 is 23.4 Å². The second kappa shape index (κ2) is 6.17. The van der Waals surface area contributed by atoms with Gasteiger partial charge in [0.25, 0.3) is 0 Å². The summed E-state index contributed by atoms with van der Waals surface area (Å²) in [5.41, 5.74) is 2.19. The highest BCUT2D eigenvalue weighted by molar-refractivity contribution is 7.98. The molecule has 0 spiro atoms. The first-order valence-corrected chi connectivity index (χ1v) is 7.32. The SMILES string of the molecule is COc1ccc(C(Cl)c2ccc(SC)cc2)cc1. The molecule has 0 saturated carbocycles. The topological polar surface area (TPSA) is 9.23 Å². The van der Waals surface area contributed by atoms with Gasteiger partial charge in [-0.05, 0) is 41.6 Å². The molecule has 0 radical (unpaired) electrons. The highest BCUT2D eigenvalue weighted by Gasteiger charge is 2.10. The molecular formula is C15H15ClOS. The van der Waals surface area contributed by atoms with Crippen molar-refractivity contribution in [1.29, 1.82) is 0 Å². The van der Waals surface area contributed by atoms with E-state index in [2.05, 4.69) is 30.5 Å². The van der Waals surface area contributed by atoms with Crippen molar-refractivity contribution in [3.8, 4) is 5.75 Å². The van der Waals surface area contributed by atoms with E-state index in [1.807, 2.05) is 24.3 Å². The maximum absolute atomic E-state index is 6.48. The number of benzene rings is 2.